The standard InChI is InChI=1S/C5H7IN2O/c1-5(2,6)4-8-7-3-9-4/h3H,1-2H3. The molecule has 3 nitrogen and oxygen atoms in total. The summed E-state index contributed by atoms with van der Waals surface area (Å²) < 4.78 is 4.92. The Bertz CT molecular complexity index is 177. The number of aromatic nitrogens is 2. The molecule has 0 saturated carbocycles. The van der Waals surface area contributed by atoms with E-state index in [9.17, 15) is 0 Å². The topological polar surface area (TPSA) is 38.9 Å². The highest BCUT2D eigenvalue weighted by atomic mass is 127. The molecule has 0 aliphatic rings. The van der Waals surface area contributed by atoms with E-state index in [1.54, 1.807) is 0 Å². The highest BCUT2D eigenvalue weighted by Gasteiger charge is 2.20. The lowest BCUT2D eigenvalue weighted by molar-refractivity contribution is 0.461. The van der Waals surface area contributed by atoms with Crippen LogP contribution in [0.15, 0.2) is 10.8 Å². The third-order valence-electron chi connectivity index (χ3n) is 0.869. The van der Waals surface area contributed by atoms with Crippen LogP contribution in [0.5, 0.6) is 0 Å². The fraction of sp³-hybridized carbons (Fsp3) is 0.600. The molecule has 0 N–H and O–H groups in total. The molecule has 4 heteroatoms. The van der Waals surface area contributed by atoms with Gasteiger partial charge in [0.1, 0.15) is 0 Å². The van der Waals surface area contributed by atoms with Gasteiger partial charge >= 0.3 is 0 Å². The molecule has 0 saturated heterocycles. The van der Waals surface area contributed by atoms with Gasteiger partial charge in [0, 0.05) is 0 Å². The van der Waals surface area contributed by atoms with E-state index in [4.69, 9.17) is 4.42 Å². The van der Waals surface area contributed by atoms with Gasteiger partial charge in [-0.3, -0.25) is 0 Å². The van der Waals surface area contributed by atoms with Crippen LogP contribution in [0.4, 0.5) is 0 Å². The molecule has 0 bridgehead atoms. The first-order chi connectivity index (χ1) is 4.11. The van der Waals surface area contributed by atoms with E-state index in [2.05, 4.69) is 32.8 Å². The molecule has 0 unspecified atom stereocenters. The Hall–Kier alpha value is -0.130. The summed E-state index contributed by atoms with van der Waals surface area (Å²) in [5, 5.41) is 7.33. The zero-order chi connectivity index (χ0) is 6.91. The van der Waals surface area contributed by atoms with Crippen molar-refractivity contribution in [2.75, 3.05) is 0 Å². The third-order valence-corrected chi connectivity index (χ3v) is 1.33. The second kappa shape index (κ2) is 2.24. The van der Waals surface area contributed by atoms with E-state index >= 15 is 0 Å². The number of rotatable bonds is 1. The van der Waals surface area contributed by atoms with Crippen LogP contribution in [0, 0.1) is 0 Å². The molecule has 1 aromatic rings. The van der Waals surface area contributed by atoms with Gasteiger partial charge in [0.2, 0.25) is 12.3 Å². The minimum atomic E-state index is -0.0474. The van der Waals surface area contributed by atoms with Crippen molar-refractivity contribution in [3.8, 4) is 0 Å². The number of halogens is 1. The van der Waals surface area contributed by atoms with E-state index in [0.29, 0.717) is 5.89 Å². The molecular weight excluding hydrogens is 231 g/mol. The maximum Gasteiger partial charge on any atom is 0.231 e. The van der Waals surface area contributed by atoms with Gasteiger partial charge in [-0.1, -0.05) is 22.6 Å². The van der Waals surface area contributed by atoms with Crippen molar-refractivity contribution in [3.63, 3.8) is 0 Å². The zero-order valence-electron chi connectivity index (χ0n) is 5.26. The van der Waals surface area contributed by atoms with Crippen molar-refractivity contribution < 1.29 is 4.42 Å². The summed E-state index contributed by atoms with van der Waals surface area (Å²) in [5.74, 6) is 0.670. The highest BCUT2D eigenvalue weighted by Crippen LogP contribution is 2.27. The van der Waals surface area contributed by atoms with Crippen LogP contribution in [-0.4, -0.2) is 10.2 Å². The van der Waals surface area contributed by atoms with Crippen molar-refractivity contribution in [3.05, 3.63) is 12.3 Å². The lowest BCUT2D eigenvalue weighted by Gasteiger charge is -2.07. The normalized spacial score (nSPS) is 11.9. The van der Waals surface area contributed by atoms with Crippen molar-refractivity contribution in [2.24, 2.45) is 0 Å². The van der Waals surface area contributed by atoms with Crippen LogP contribution in [-0.2, 0) is 3.42 Å². The summed E-state index contributed by atoms with van der Waals surface area (Å²) in [5.41, 5.74) is 0. The Morgan fingerprint density at radius 2 is 2.33 bits per heavy atom. The highest BCUT2D eigenvalue weighted by molar-refractivity contribution is 14.1. The monoisotopic (exact) mass is 238 g/mol. The molecule has 1 heterocycles. The van der Waals surface area contributed by atoms with E-state index in [0.717, 1.165) is 0 Å². The van der Waals surface area contributed by atoms with Gasteiger partial charge in [-0.25, -0.2) is 0 Å². The van der Waals surface area contributed by atoms with Crippen molar-refractivity contribution >= 4 is 22.6 Å². The summed E-state index contributed by atoms with van der Waals surface area (Å²) in [4.78, 5) is 0. The Balaban J connectivity index is 2.90. The van der Waals surface area contributed by atoms with Gasteiger partial charge in [-0.15, -0.1) is 10.2 Å². The van der Waals surface area contributed by atoms with E-state index in [1.165, 1.54) is 6.39 Å². The van der Waals surface area contributed by atoms with Gasteiger partial charge in [0.05, 0.1) is 3.42 Å². The van der Waals surface area contributed by atoms with E-state index < -0.39 is 0 Å². The van der Waals surface area contributed by atoms with Crippen molar-refractivity contribution in [2.45, 2.75) is 17.3 Å². The summed E-state index contributed by atoms with van der Waals surface area (Å²) in [6.45, 7) is 4.03. The van der Waals surface area contributed by atoms with Gasteiger partial charge in [-0.2, -0.15) is 0 Å². The van der Waals surface area contributed by atoms with E-state index in [1.807, 2.05) is 13.8 Å². The number of hydrogen-bond acceptors (Lipinski definition) is 3. The molecule has 50 valence electrons. The molecule has 1 rings (SSSR count). The first-order valence-electron chi connectivity index (χ1n) is 2.56. The zero-order valence-corrected chi connectivity index (χ0v) is 7.42. The van der Waals surface area contributed by atoms with Crippen LogP contribution < -0.4 is 0 Å². The Kier molecular flexibility index (Phi) is 1.74. The molecule has 0 fully saturated rings. The molecule has 0 aliphatic carbocycles. The number of nitrogens with zero attached hydrogens (tertiary/aromatic N) is 2. The van der Waals surface area contributed by atoms with Gasteiger partial charge in [0.25, 0.3) is 0 Å². The van der Waals surface area contributed by atoms with Gasteiger partial charge in [0.15, 0.2) is 0 Å². The van der Waals surface area contributed by atoms with Crippen LogP contribution in [0.2, 0.25) is 0 Å². The SMILES string of the molecule is CC(C)(I)c1nnco1. The van der Waals surface area contributed by atoms with E-state index in [-0.39, 0.29) is 3.42 Å². The molecule has 0 aromatic carbocycles. The molecule has 1 aromatic heterocycles. The molecule has 0 amide bonds. The summed E-state index contributed by atoms with van der Waals surface area (Å²) in [6, 6.07) is 0. The predicted octanol–water partition coefficient (Wildman–Crippen LogP) is 1.74. The Labute approximate surface area is 67.0 Å². The van der Waals surface area contributed by atoms with Crippen LogP contribution in [0.3, 0.4) is 0 Å². The third kappa shape index (κ3) is 1.64. The lowest BCUT2D eigenvalue weighted by atomic mass is 10.2. The molecule has 0 radical (unpaired) electrons. The molecule has 0 atom stereocenters. The maximum atomic E-state index is 4.97. The molecule has 0 spiro atoms. The van der Waals surface area contributed by atoms with Gasteiger partial charge < -0.3 is 4.42 Å². The number of alkyl halides is 1. The fourth-order valence-corrected chi connectivity index (χ4v) is 0.667. The summed E-state index contributed by atoms with van der Waals surface area (Å²) >= 11 is 2.24. The average molecular weight is 238 g/mol. The first kappa shape index (κ1) is 6.98. The van der Waals surface area contributed by atoms with Crippen LogP contribution >= 0.6 is 22.6 Å². The average Bonchev–Trinajstić information content (AvgIpc) is 2.08. The minimum absolute atomic E-state index is 0.0474. The molecular formula is C5H7IN2O. The Morgan fingerprint density at radius 3 is 2.56 bits per heavy atom. The smallest absolute Gasteiger partial charge is 0.231 e. The first-order valence-corrected chi connectivity index (χ1v) is 3.64. The quantitative estimate of drug-likeness (QED) is 0.552. The predicted molar refractivity (Wildman–Crippen MR) is 41.3 cm³/mol. The van der Waals surface area contributed by atoms with Crippen molar-refractivity contribution in [1.29, 1.82) is 0 Å². The Morgan fingerprint density at radius 1 is 1.67 bits per heavy atom. The molecule has 9 heavy (non-hydrogen) atoms. The van der Waals surface area contributed by atoms with Crippen LogP contribution in [0.1, 0.15) is 19.7 Å². The fourth-order valence-electron chi connectivity index (χ4n) is 0.432. The second-order valence-corrected chi connectivity index (χ2v) is 4.91. The number of hydrogen-bond donors (Lipinski definition) is 0. The molecule has 0 aliphatic heterocycles. The maximum absolute atomic E-state index is 4.97. The van der Waals surface area contributed by atoms with Gasteiger partial charge in [-0.05, 0) is 13.8 Å². The lowest BCUT2D eigenvalue weighted by Crippen LogP contribution is -2.06. The largest absolute Gasteiger partial charge is 0.427 e. The minimum Gasteiger partial charge on any atom is -0.427 e. The van der Waals surface area contributed by atoms with Crippen LogP contribution in [0.25, 0.3) is 0 Å². The summed E-state index contributed by atoms with van der Waals surface area (Å²) in [6.07, 6.45) is 1.34. The second-order valence-electron chi connectivity index (χ2n) is 2.22. The van der Waals surface area contributed by atoms with Crippen molar-refractivity contribution in [1.82, 2.24) is 10.2 Å². The summed E-state index contributed by atoms with van der Waals surface area (Å²) in [7, 11) is 0.